The summed E-state index contributed by atoms with van der Waals surface area (Å²) in [4.78, 5) is 23.7. The van der Waals surface area contributed by atoms with Gasteiger partial charge in [0.25, 0.3) is 5.91 Å². The molecule has 0 saturated heterocycles. The fourth-order valence-corrected chi connectivity index (χ4v) is 2.91. The highest BCUT2D eigenvalue weighted by Gasteiger charge is 2.05. The van der Waals surface area contributed by atoms with Gasteiger partial charge in [0.05, 0.1) is 0 Å². The first kappa shape index (κ1) is 18.8. The number of primary amides is 1. The molecule has 3 amide bonds. The Bertz CT molecular complexity index is 705. The van der Waals surface area contributed by atoms with E-state index in [1.807, 2.05) is 0 Å². The lowest BCUT2D eigenvalue weighted by Crippen LogP contribution is -2.28. The van der Waals surface area contributed by atoms with Gasteiger partial charge < -0.3 is 16.4 Å². The molecule has 0 radical (unpaired) electrons. The summed E-state index contributed by atoms with van der Waals surface area (Å²) in [7, 11) is 0. The normalized spacial score (nSPS) is 10.3. The molecule has 25 heavy (non-hydrogen) atoms. The van der Waals surface area contributed by atoms with E-state index in [4.69, 9.17) is 5.73 Å². The van der Waals surface area contributed by atoms with Crippen LogP contribution in [-0.4, -0.2) is 24.2 Å². The van der Waals surface area contributed by atoms with Crippen molar-refractivity contribution < 1.29 is 14.0 Å². The van der Waals surface area contributed by atoms with Crippen LogP contribution in [0.25, 0.3) is 0 Å². The van der Waals surface area contributed by atoms with Gasteiger partial charge in [-0.1, -0.05) is 12.1 Å². The largest absolute Gasteiger partial charge is 0.352 e. The summed E-state index contributed by atoms with van der Waals surface area (Å²) in [5.41, 5.74) is 6.44. The van der Waals surface area contributed by atoms with E-state index in [0.29, 0.717) is 18.7 Å². The average Bonchev–Trinajstić information content (AvgIpc) is 2.61. The number of urea groups is 1. The molecule has 0 spiro atoms. The van der Waals surface area contributed by atoms with Crippen LogP contribution in [0.1, 0.15) is 22.3 Å². The van der Waals surface area contributed by atoms with E-state index in [-0.39, 0.29) is 11.7 Å². The van der Waals surface area contributed by atoms with Crippen LogP contribution in [0.5, 0.6) is 0 Å². The van der Waals surface area contributed by atoms with Gasteiger partial charge >= 0.3 is 6.03 Å². The van der Waals surface area contributed by atoms with Crippen LogP contribution in [0.3, 0.4) is 0 Å². The van der Waals surface area contributed by atoms with Crippen molar-refractivity contribution in [2.24, 2.45) is 5.73 Å². The van der Waals surface area contributed by atoms with E-state index < -0.39 is 6.03 Å². The molecule has 0 heterocycles. The van der Waals surface area contributed by atoms with Gasteiger partial charge in [0.2, 0.25) is 0 Å². The van der Waals surface area contributed by atoms with Crippen molar-refractivity contribution in [3.05, 3.63) is 65.5 Å². The molecule has 0 aliphatic rings. The van der Waals surface area contributed by atoms with Gasteiger partial charge in [0.1, 0.15) is 5.82 Å². The van der Waals surface area contributed by atoms with Gasteiger partial charge in [-0.25, -0.2) is 9.18 Å². The fraction of sp³-hybridized carbons (Fsp3) is 0.222. The number of halogens is 1. The number of carbonyl (C=O) groups excluding carboxylic acids is 2. The number of thioether (sulfide) groups is 1. The number of nitrogens with two attached hydrogens (primary N) is 1. The van der Waals surface area contributed by atoms with Crippen LogP contribution in [0.4, 0.5) is 9.18 Å². The second kappa shape index (κ2) is 9.68. The minimum absolute atomic E-state index is 0.138. The minimum Gasteiger partial charge on any atom is -0.352 e. The Kier molecular flexibility index (Phi) is 7.28. The van der Waals surface area contributed by atoms with Gasteiger partial charge in [0.15, 0.2) is 0 Å². The Hall–Kier alpha value is -2.54. The predicted octanol–water partition coefficient (Wildman–Crippen LogP) is 2.91. The summed E-state index contributed by atoms with van der Waals surface area (Å²) in [6, 6.07) is 12.7. The third-order valence-corrected chi connectivity index (χ3v) is 4.47. The van der Waals surface area contributed by atoms with E-state index in [9.17, 15) is 14.0 Å². The molecule has 4 N–H and O–H groups in total. The van der Waals surface area contributed by atoms with Crippen LogP contribution >= 0.6 is 11.8 Å². The molecule has 0 aliphatic carbocycles. The minimum atomic E-state index is -0.583. The molecule has 2 aromatic carbocycles. The van der Waals surface area contributed by atoms with Crippen LogP contribution in [0.2, 0.25) is 0 Å². The molecule has 0 fully saturated rings. The van der Waals surface area contributed by atoms with Crippen LogP contribution in [0, 0.1) is 5.82 Å². The molecular formula is C18H20FN3O2S. The van der Waals surface area contributed by atoms with E-state index >= 15 is 0 Å². The summed E-state index contributed by atoms with van der Waals surface area (Å²) < 4.78 is 12.8. The third-order valence-electron chi connectivity index (χ3n) is 3.37. The lowest BCUT2D eigenvalue weighted by molar-refractivity contribution is 0.0953. The quantitative estimate of drug-likeness (QED) is 0.499. The van der Waals surface area contributed by atoms with Gasteiger partial charge in [-0.2, -0.15) is 0 Å². The highest BCUT2D eigenvalue weighted by Crippen LogP contribution is 2.18. The first-order chi connectivity index (χ1) is 12.0. The van der Waals surface area contributed by atoms with Crippen LogP contribution in [-0.2, 0) is 6.54 Å². The predicted molar refractivity (Wildman–Crippen MR) is 96.9 cm³/mol. The molecule has 0 unspecified atom stereocenters. The van der Waals surface area contributed by atoms with Gasteiger partial charge in [-0.3, -0.25) is 4.79 Å². The molecule has 2 rings (SSSR count). The Morgan fingerprint density at radius 2 is 1.68 bits per heavy atom. The standard InChI is InChI=1S/C18H20FN3O2S/c19-15-6-8-16(9-7-15)25-11-1-10-21-17(23)14-4-2-13(3-5-14)12-22-18(20)24/h2-9H,1,10-12H2,(H,21,23)(H3,20,22,24). The van der Waals surface area contributed by atoms with Gasteiger partial charge in [-0.15, -0.1) is 11.8 Å². The van der Waals surface area contributed by atoms with E-state index in [0.717, 1.165) is 22.6 Å². The molecule has 0 saturated carbocycles. The monoisotopic (exact) mass is 361 g/mol. The maximum atomic E-state index is 12.8. The number of benzene rings is 2. The number of hydrogen-bond donors (Lipinski definition) is 3. The number of carbonyl (C=O) groups is 2. The maximum absolute atomic E-state index is 12.8. The van der Waals surface area contributed by atoms with Crippen molar-refractivity contribution in [3.63, 3.8) is 0 Å². The topological polar surface area (TPSA) is 84.2 Å². The molecule has 0 aliphatic heterocycles. The van der Waals surface area contributed by atoms with Crippen molar-refractivity contribution in [1.29, 1.82) is 0 Å². The first-order valence-corrected chi connectivity index (χ1v) is 8.82. The smallest absolute Gasteiger partial charge is 0.312 e. The summed E-state index contributed by atoms with van der Waals surface area (Å²) in [6.07, 6.45) is 0.814. The molecule has 2 aromatic rings. The first-order valence-electron chi connectivity index (χ1n) is 7.83. The zero-order valence-electron chi connectivity index (χ0n) is 13.6. The summed E-state index contributed by atoms with van der Waals surface area (Å²) in [6.45, 7) is 0.899. The van der Waals surface area contributed by atoms with Crippen molar-refractivity contribution >= 4 is 23.7 Å². The molecule has 7 heteroatoms. The van der Waals surface area contributed by atoms with Gasteiger partial charge in [-0.05, 0) is 54.1 Å². The van der Waals surface area contributed by atoms with E-state index in [1.165, 1.54) is 12.1 Å². The molecular weight excluding hydrogens is 341 g/mol. The summed E-state index contributed by atoms with van der Waals surface area (Å²) in [5.74, 6) is 0.457. The van der Waals surface area contributed by atoms with Gasteiger partial charge in [0, 0.05) is 23.5 Å². The Balaban J connectivity index is 1.67. The molecule has 132 valence electrons. The second-order valence-electron chi connectivity index (χ2n) is 5.33. The third kappa shape index (κ3) is 6.84. The maximum Gasteiger partial charge on any atom is 0.312 e. The van der Waals surface area contributed by atoms with Crippen molar-refractivity contribution in [3.8, 4) is 0 Å². The highest BCUT2D eigenvalue weighted by atomic mass is 32.2. The highest BCUT2D eigenvalue weighted by molar-refractivity contribution is 7.99. The Morgan fingerprint density at radius 3 is 2.32 bits per heavy atom. The SMILES string of the molecule is NC(=O)NCc1ccc(C(=O)NCCCSc2ccc(F)cc2)cc1. The molecule has 0 atom stereocenters. The molecule has 5 nitrogen and oxygen atoms in total. The number of rotatable bonds is 8. The lowest BCUT2D eigenvalue weighted by Gasteiger charge is -2.07. The zero-order valence-corrected chi connectivity index (χ0v) is 14.4. The van der Waals surface area contributed by atoms with Crippen molar-refractivity contribution in [2.75, 3.05) is 12.3 Å². The van der Waals surface area contributed by atoms with Crippen molar-refractivity contribution in [1.82, 2.24) is 10.6 Å². The molecule has 0 bridgehead atoms. The fourth-order valence-electron chi connectivity index (χ4n) is 2.06. The number of amides is 3. The van der Waals surface area contributed by atoms with Crippen LogP contribution in [0.15, 0.2) is 53.4 Å². The summed E-state index contributed by atoms with van der Waals surface area (Å²) >= 11 is 1.62. The second-order valence-corrected chi connectivity index (χ2v) is 6.49. The zero-order chi connectivity index (χ0) is 18.1. The molecule has 0 aromatic heterocycles. The Labute approximate surface area is 150 Å². The van der Waals surface area contributed by atoms with Crippen LogP contribution < -0.4 is 16.4 Å². The van der Waals surface area contributed by atoms with E-state index in [2.05, 4.69) is 10.6 Å². The summed E-state index contributed by atoms with van der Waals surface area (Å²) in [5, 5.41) is 5.35. The average molecular weight is 361 g/mol. The van der Waals surface area contributed by atoms with Crippen molar-refractivity contribution in [2.45, 2.75) is 17.9 Å². The Morgan fingerprint density at radius 1 is 1.00 bits per heavy atom. The van der Waals surface area contributed by atoms with E-state index in [1.54, 1.807) is 48.2 Å². The lowest BCUT2D eigenvalue weighted by atomic mass is 10.1. The number of nitrogens with one attached hydrogen (secondary N) is 2. The number of hydrogen-bond acceptors (Lipinski definition) is 3.